The minimum atomic E-state index is -0.669. The van der Waals surface area contributed by atoms with Crippen molar-refractivity contribution in [1.29, 1.82) is 0 Å². The fourth-order valence-electron chi connectivity index (χ4n) is 4.00. The highest BCUT2D eigenvalue weighted by Gasteiger charge is 2.10. The molecule has 0 saturated heterocycles. The van der Waals surface area contributed by atoms with Crippen LogP contribution in [-0.4, -0.2) is 23.7 Å². The average Bonchev–Trinajstić information content (AvgIpc) is 2.74. The zero-order chi connectivity index (χ0) is 22.5. The molecule has 0 fully saturated rings. The van der Waals surface area contributed by atoms with E-state index in [1.807, 2.05) is 0 Å². The number of carboxylic acids is 1. The number of esters is 1. The lowest BCUT2D eigenvalue weighted by Gasteiger charge is -2.14. The van der Waals surface area contributed by atoms with Gasteiger partial charge in [0, 0.05) is 12.8 Å². The summed E-state index contributed by atoms with van der Waals surface area (Å²) in [5, 5.41) is 8.79. The minimum Gasteiger partial charge on any atom is -0.481 e. The minimum absolute atomic E-state index is 0.0151. The van der Waals surface area contributed by atoms with E-state index in [1.54, 1.807) is 0 Å². The second kappa shape index (κ2) is 21.2. The van der Waals surface area contributed by atoms with Gasteiger partial charge in [-0.25, -0.2) is 0 Å². The van der Waals surface area contributed by atoms with E-state index in [2.05, 4.69) is 20.8 Å². The Morgan fingerprint density at radius 3 is 1.73 bits per heavy atom. The maximum atomic E-state index is 11.9. The van der Waals surface area contributed by atoms with Crippen LogP contribution in [0.25, 0.3) is 0 Å². The first-order valence-corrected chi connectivity index (χ1v) is 12.9. The third kappa shape index (κ3) is 18.9. The lowest BCUT2D eigenvalue weighted by Crippen LogP contribution is -2.13. The lowest BCUT2D eigenvalue weighted by molar-refractivity contribution is -0.145. The molecule has 0 aromatic heterocycles. The fraction of sp³-hybridized carbons (Fsp3) is 0.923. The molecule has 0 aromatic carbocycles. The number of aliphatic carboxylic acids is 1. The van der Waals surface area contributed by atoms with Gasteiger partial charge < -0.3 is 9.84 Å². The first kappa shape index (κ1) is 28.9. The summed E-state index contributed by atoms with van der Waals surface area (Å²) in [4.78, 5) is 22.5. The van der Waals surface area contributed by atoms with Crippen LogP contribution in [0, 0.1) is 11.8 Å². The van der Waals surface area contributed by atoms with Gasteiger partial charge in [-0.1, -0.05) is 104 Å². The molecule has 0 aromatic rings. The molecular formula is C26H50O4. The van der Waals surface area contributed by atoms with Crippen molar-refractivity contribution in [2.24, 2.45) is 11.8 Å². The lowest BCUT2D eigenvalue weighted by atomic mass is 9.93. The highest BCUT2D eigenvalue weighted by atomic mass is 16.5. The summed E-state index contributed by atoms with van der Waals surface area (Å²) in [5.41, 5.74) is 0. The normalized spacial score (nSPS) is 13.2. The number of carboxylic acid groups (broad SMARTS) is 1. The molecule has 0 aliphatic carbocycles. The highest BCUT2D eigenvalue weighted by molar-refractivity contribution is 5.69. The van der Waals surface area contributed by atoms with E-state index in [0.29, 0.717) is 31.3 Å². The Balaban J connectivity index is 3.45. The van der Waals surface area contributed by atoms with Crippen LogP contribution in [0.3, 0.4) is 0 Å². The second-order valence-corrected chi connectivity index (χ2v) is 9.03. The summed E-state index contributed by atoms with van der Waals surface area (Å²) < 4.78 is 5.46. The number of hydrogen-bond acceptors (Lipinski definition) is 3. The zero-order valence-corrected chi connectivity index (χ0v) is 20.3. The first-order valence-electron chi connectivity index (χ1n) is 12.9. The Hall–Kier alpha value is -1.06. The molecule has 0 bridgehead atoms. The number of rotatable bonds is 22. The third-order valence-electron chi connectivity index (χ3n) is 6.36. The Morgan fingerprint density at radius 1 is 0.667 bits per heavy atom. The molecule has 178 valence electrons. The van der Waals surface area contributed by atoms with E-state index in [1.165, 1.54) is 70.6 Å². The first-order chi connectivity index (χ1) is 14.5. The van der Waals surface area contributed by atoms with Gasteiger partial charge in [0.2, 0.25) is 0 Å². The van der Waals surface area contributed by atoms with Crippen molar-refractivity contribution in [3.63, 3.8) is 0 Å². The molecule has 0 saturated carbocycles. The predicted octanol–water partition coefficient (Wildman–Crippen LogP) is 7.93. The molecular weight excluding hydrogens is 376 g/mol. The quantitative estimate of drug-likeness (QED) is 0.141. The molecule has 2 unspecified atom stereocenters. The predicted molar refractivity (Wildman–Crippen MR) is 126 cm³/mol. The van der Waals surface area contributed by atoms with Crippen LogP contribution in [0.2, 0.25) is 0 Å². The van der Waals surface area contributed by atoms with Gasteiger partial charge in [-0.05, 0) is 31.1 Å². The number of ether oxygens (including phenoxy) is 1. The molecule has 0 aliphatic heterocycles. The highest BCUT2D eigenvalue weighted by Crippen LogP contribution is 2.20. The summed E-state index contributed by atoms with van der Waals surface area (Å²) in [6.45, 7) is 7.15. The van der Waals surface area contributed by atoms with Crippen LogP contribution in [0.5, 0.6) is 0 Å². The van der Waals surface area contributed by atoms with Crippen molar-refractivity contribution in [1.82, 2.24) is 0 Å². The van der Waals surface area contributed by atoms with Gasteiger partial charge in [-0.15, -0.1) is 0 Å². The van der Waals surface area contributed by atoms with E-state index in [9.17, 15) is 9.59 Å². The summed E-state index contributed by atoms with van der Waals surface area (Å²) in [6.07, 6.45) is 19.6. The van der Waals surface area contributed by atoms with Crippen LogP contribution < -0.4 is 0 Å². The van der Waals surface area contributed by atoms with Crippen molar-refractivity contribution in [3.8, 4) is 0 Å². The summed E-state index contributed by atoms with van der Waals surface area (Å²) in [7, 11) is 0. The summed E-state index contributed by atoms with van der Waals surface area (Å²) in [6, 6.07) is 0. The van der Waals surface area contributed by atoms with Crippen LogP contribution in [0.15, 0.2) is 0 Å². The van der Waals surface area contributed by atoms with Crippen molar-refractivity contribution in [3.05, 3.63) is 0 Å². The van der Waals surface area contributed by atoms with E-state index in [0.717, 1.165) is 32.1 Å². The second-order valence-electron chi connectivity index (χ2n) is 9.03. The van der Waals surface area contributed by atoms with E-state index in [-0.39, 0.29) is 5.97 Å². The Kier molecular flexibility index (Phi) is 20.4. The van der Waals surface area contributed by atoms with Gasteiger partial charge >= 0.3 is 11.9 Å². The molecule has 4 heteroatoms. The SMILES string of the molecule is CCCCC(CC)COC(=O)CCCCCCCCCCCC(CC)CCC(=O)O. The van der Waals surface area contributed by atoms with Crippen LogP contribution in [0.1, 0.15) is 136 Å². The Labute approximate surface area is 186 Å². The standard InChI is InChI=1S/C26H50O4/c1-4-7-17-24(6-3)22-30-26(29)19-16-14-12-10-8-9-11-13-15-18-23(5-2)20-21-25(27)28/h23-24H,4-22H2,1-3H3,(H,27,28). The van der Waals surface area contributed by atoms with Crippen LogP contribution in [0.4, 0.5) is 0 Å². The maximum Gasteiger partial charge on any atom is 0.305 e. The number of carbonyl (C=O) groups excluding carboxylic acids is 1. The van der Waals surface area contributed by atoms with Crippen molar-refractivity contribution >= 4 is 11.9 Å². The Bertz CT molecular complexity index is 408. The van der Waals surface area contributed by atoms with Crippen molar-refractivity contribution in [2.45, 2.75) is 136 Å². The number of carbonyl (C=O) groups is 2. The van der Waals surface area contributed by atoms with Crippen LogP contribution in [-0.2, 0) is 14.3 Å². The largest absolute Gasteiger partial charge is 0.481 e. The Morgan fingerprint density at radius 2 is 1.20 bits per heavy atom. The molecule has 30 heavy (non-hydrogen) atoms. The van der Waals surface area contributed by atoms with Crippen molar-refractivity contribution in [2.75, 3.05) is 6.61 Å². The van der Waals surface area contributed by atoms with Gasteiger partial charge in [0.05, 0.1) is 6.61 Å². The number of hydrogen-bond donors (Lipinski definition) is 1. The monoisotopic (exact) mass is 426 g/mol. The molecule has 0 spiro atoms. The number of unbranched alkanes of at least 4 members (excludes halogenated alkanes) is 9. The smallest absolute Gasteiger partial charge is 0.305 e. The summed E-state index contributed by atoms with van der Waals surface area (Å²) >= 11 is 0. The third-order valence-corrected chi connectivity index (χ3v) is 6.36. The molecule has 0 radical (unpaired) electrons. The van der Waals surface area contributed by atoms with Crippen molar-refractivity contribution < 1.29 is 19.4 Å². The van der Waals surface area contributed by atoms with Gasteiger partial charge in [-0.3, -0.25) is 9.59 Å². The fourth-order valence-corrected chi connectivity index (χ4v) is 4.00. The molecule has 0 rings (SSSR count). The van der Waals surface area contributed by atoms with E-state index >= 15 is 0 Å². The maximum absolute atomic E-state index is 11.9. The van der Waals surface area contributed by atoms with E-state index < -0.39 is 5.97 Å². The van der Waals surface area contributed by atoms with E-state index in [4.69, 9.17) is 9.84 Å². The molecule has 0 amide bonds. The van der Waals surface area contributed by atoms with Gasteiger partial charge in [0.25, 0.3) is 0 Å². The van der Waals surface area contributed by atoms with Gasteiger partial charge in [0.1, 0.15) is 0 Å². The molecule has 1 N–H and O–H groups in total. The molecule has 4 nitrogen and oxygen atoms in total. The molecule has 2 atom stereocenters. The topological polar surface area (TPSA) is 63.6 Å². The van der Waals surface area contributed by atoms with Gasteiger partial charge in [-0.2, -0.15) is 0 Å². The molecule has 0 aliphatic rings. The zero-order valence-electron chi connectivity index (χ0n) is 20.3. The molecule has 0 heterocycles. The summed E-state index contributed by atoms with van der Waals surface area (Å²) in [5.74, 6) is 0.431. The van der Waals surface area contributed by atoms with Crippen LogP contribution >= 0.6 is 0 Å². The average molecular weight is 427 g/mol. The van der Waals surface area contributed by atoms with Gasteiger partial charge in [0.15, 0.2) is 0 Å².